The lowest BCUT2D eigenvalue weighted by Crippen LogP contribution is -2.52. The van der Waals surface area contributed by atoms with Crippen molar-refractivity contribution in [1.82, 2.24) is 4.90 Å². The number of sulfonamides is 1. The number of hydrogen-bond donors (Lipinski definition) is 0. The first-order valence-corrected chi connectivity index (χ1v) is 13.2. The van der Waals surface area contributed by atoms with E-state index in [1.807, 2.05) is 43.3 Å². The highest BCUT2D eigenvalue weighted by Crippen LogP contribution is 2.25. The van der Waals surface area contributed by atoms with Crippen LogP contribution in [0.15, 0.2) is 83.8 Å². The van der Waals surface area contributed by atoms with Crippen molar-refractivity contribution in [2.24, 2.45) is 0 Å². The van der Waals surface area contributed by atoms with E-state index in [-0.39, 0.29) is 17.3 Å². The standard InChI is InChI=1S/C26H28ClN3O3S/c1-2-21-11-13-23(14-12-21)30(34(32,33)25-9-4-3-5-10-25)20-26(31)29-17-15-28(16-18-29)24-8-6-7-22(27)19-24/h3-14,19H,2,15-18,20H2,1H3. The number of rotatable bonds is 7. The van der Waals surface area contributed by atoms with Crippen LogP contribution in [0.3, 0.4) is 0 Å². The van der Waals surface area contributed by atoms with Crippen LogP contribution in [0.2, 0.25) is 5.02 Å². The van der Waals surface area contributed by atoms with Crippen LogP contribution >= 0.6 is 11.6 Å². The van der Waals surface area contributed by atoms with Crippen LogP contribution in [0, 0.1) is 0 Å². The lowest BCUT2D eigenvalue weighted by atomic mass is 10.1. The van der Waals surface area contributed by atoms with E-state index in [2.05, 4.69) is 4.90 Å². The smallest absolute Gasteiger partial charge is 0.264 e. The Labute approximate surface area is 206 Å². The second-order valence-corrected chi connectivity index (χ2v) is 10.5. The van der Waals surface area contributed by atoms with Gasteiger partial charge in [0.2, 0.25) is 5.91 Å². The number of amides is 1. The largest absolute Gasteiger partial charge is 0.368 e. The van der Waals surface area contributed by atoms with Crippen molar-refractivity contribution in [3.8, 4) is 0 Å². The number of nitrogens with zero attached hydrogens (tertiary/aromatic N) is 3. The first kappa shape index (κ1) is 24.1. The monoisotopic (exact) mass is 497 g/mol. The molecule has 4 rings (SSSR count). The normalized spacial score (nSPS) is 14.2. The molecule has 1 amide bonds. The van der Waals surface area contributed by atoms with Crippen molar-refractivity contribution in [1.29, 1.82) is 0 Å². The average molecular weight is 498 g/mol. The molecule has 1 heterocycles. The predicted octanol–water partition coefficient (Wildman–Crippen LogP) is 4.45. The van der Waals surface area contributed by atoms with Crippen molar-refractivity contribution >= 4 is 38.9 Å². The van der Waals surface area contributed by atoms with Crippen molar-refractivity contribution < 1.29 is 13.2 Å². The Morgan fingerprint density at radius 2 is 1.59 bits per heavy atom. The van der Waals surface area contributed by atoms with E-state index in [4.69, 9.17) is 11.6 Å². The molecule has 0 spiro atoms. The van der Waals surface area contributed by atoms with Crippen LogP contribution in [0.4, 0.5) is 11.4 Å². The SMILES string of the molecule is CCc1ccc(N(CC(=O)N2CCN(c3cccc(Cl)c3)CC2)S(=O)(=O)c2ccccc2)cc1. The topological polar surface area (TPSA) is 60.9 Å². The number of aryl methyl sites for hydroxylation is 1. The van der Waals surface area contributed by atoms with E-state index in [0.717, 1.165) is 17.7 Å². The van der Waals surface area contributed by atoms with E-state index in [9.17, 15) is 13.2 Å². The van der Waals surface area contributed by atoms with Crippen LogP contribution in [-0.2, 0) is 21.2 Å². The third-order valence-corrected chi connectivity index (χ3v) is 8.07. The highest BCUT2D eigenvalue weighted by atomic mass is 35.5. The molecule has 0 aromatic heterocycles. The first-order chi connectivity index (χ1) is 16.4. The van der Waals surface area contributed by atoms with Gasteiger partial charge in [0.1, 0.15) is 6.54 Å². The van der Waals surface area contributed by atoms with Gasteiger partial charge in [-0.05, 0) is 54.4 Å². The minimum atomic E-state index is -3.91. The second kappa shape index (κ2) is 10.5. The Morgan fingerprint density at radius 1 is 0.912 bits per heavy atom. The van der Waals surface area contributed by atoms with Crippen molar-refractivity contribution in [2.75, 3.05) is 41.9 Å². The highest BCUT2D eigenvalue weighted by molar-refractivity contribution is 7.92. The first-order valence-electron chi connectivity index (χ1n) is 11.3. The molecule has 3 aromatic carbocycles. The van der Waals surface area contributed by atoms with Crippen molar-refractivity contribution in [3.63, 3.8) is 0 Å². The maximum Gasteiger partial charge on any atom is 0.264 e. The predicted molar refractivity (Wildman–Crippen MR) is 137 cm³/mol. The molecule has 0 N–H and O–H groups in total. The van der Waals surface area contributed by atoms with Gasteiger partial charge < -0.3 is 9.80 Å². The lowest BCUT2D eigenvalue weighted by molar-refractivity contribution is -0.129. The molecule has 0 aliphatic carbocycles. The minimum absolute atomic E-state index is 0.160. The molecule has 0 radical (unpaired) electrons. The van der Waals surface area contributed by atoms with Crippen LogP contribution in [-0.4, -0.2) is 51.9 Å². The Kier molecular flexibility index (Phi) is 7.44. The summed E-state index contributed by atoms with van der Waals surface area (Å²) in [6.07, 6.45) is 0.849. The quantitative estimate of drug-likeness (QED) is 0.484. The van der Waals surface area contributed by atoms with Gasteiger partial charge in [-0.2, -0.15) is 0 Å². The van der Waals surface area contributed by atoms with E-state index in [0.29, 0.717) is 36.9 Å². The molecule has 1 fully saturated rings. The molecule has 6 nitrogen and oxygen atoms in total. The fourth-order valence-electron chi connectivity index (χ4n) is 4.04. The molecule has 1 saturated heterocycles. The number of hydrogen-bond acceptors (Lipinski definition) is 4. The number of carbonyl (C=O) groups is 1. The van der Waals surface area contributed by atoms with Gasteiger partial charge in [-0.3, -0.25) is 9.10 Å². The van der Waals surface area contributed by atoms with E-state index < -0.39 is 10.0 Å². The summed E-state index contributed by atoms with van der Waals surface area (Å²) in [5.74, 6) is -0.218. The summed E-state index contributed by atoms with van der Waals surface area (Å²) in [6, 6.07) is 23.2. The van der Waals surface area contributed by atoms with Crippen LogP contribution in [0.1, 0.15) is 12.5 Å². The summed E-state index contributed by atoms with van der Waals surface area (Å²) in [6.45, 7) is 4.13. The van der Waals surface area contributed by atoms with Gasteiger partial charge in [0.05, 0.1) is 10.6 Å². The van der Waals surface area contributed by atoms with Gasteiger partial charge in [-0.15, -0.1) is 0 Å². The summed E-state index contributed by atoms with van der Waals surface area (Å²) in [5, 5.41) is 0.673. The van der Waals surface area contributed by atoms with Crippen molar-refractivity contribution in [2.45, 2.75) is 18.2 Å². The molecular formula is C26H28ClN3O3S. The minimum Gasteiger partial charge on any atom is -0.368 e. The maximum atomic E-state index is 13.5. The third-order valence-electron chi connectivity index (χ3n) is 6.05. The summed E-state index contributed by atoms with van der Waals surface area (Å²) < 4.78 is 28.2. The molecule has 1 aliphatic heterocycles. The number of halogens is 1. The summed E-state index contributed by atoms with van der Waals surface area (Å²) in [7, 11) is -3.91. The molecular weight excluding hydrogens is 470 g/mol. The number of piperazine rings is 1. The Balaban J connectivity index is 1.52. The van der Waals surface area contributed by atoms with Gasteiger partial charge >= 0.3 is 0 Å². The van der Waals surface area contributed by atoms with Crippen molar-refractivity contribution in [3.05, 3.63) is 89.4 Å². The molecule has 0 saturated carbocycles. The van der Waals surface area contributed by atoms with Crippen LogP contribution in [0.25, 0.3) is 0 Å². The molecule has 178 valence electrons. The summed E-state index contributed by atoms with van der Waals surface area (Å²) >= 11 is 6.12. The van der Waals surface area contributed by atoms with Gasteiger partial charge in [-0.1, -0.05) is 54.9 Å². The van der Waals surface area contributed by atoms with Gasteiger partial charge in [-0.25, -0.2) is 8.42 Å². The van der Waals surface area contributed by atoms with Gasteiger partial charge in [0.15, 0.2) is 0 Å². The zero-order valence-electron chi connectivity index (χ0n) is 19.1. The molecule has 0 atom stereocenters. The fraction of sp³-hybridized carbons (Fsp3) is 0.269. The third kappa shape index (κ3) is 5.37. The summed E-state index contributed by atoms with van der Waals surface area (Å²) in [4.78, 5) is 17.3. The van der Waals surface area contributed by atoms with E-state index in [1.54, 1.807) is 47.4 Å². The fourth-order valence-corrected chi connectivity index (χ4v) is 5.66. The number of anilines is 2. The molecule has 0 unspecified atom stereocenters. The van der Waals surface area contributed by atoms with E-state index >= 15 is 0 Å². The average Bonchev–Trinajstić information content (AvgIpc) is 2.88. The maximum absolute atomic E-state index is 13.5. The van der Waals surface area contributed by atoms with Crippen LogP contribution < -0.4 is 9.21 Å². The Morgan fingerprint density at radius 3 is 2.21 bits per heavy atom. The molecule has 1 aliphatic rings. The zero-order valence-corrected chi connectivity index (χ0v) is 20.7. The number of carbonyl (C=O) groups excluding carboxylic acids is 1. The molecule has 0 bridgehead atoms. The Hall–Kier alpha value is -3.03. The summed E-state index contributed by atoms with van der Waals surface area (Å²) in [5.41, 5.74) is 2.60. The van der Waals surface area contributed by atoms with Gasteiger partial charge in [0, 0.05) is 36.9 Å². The second-order valence-electron chi connectivity index (χ2n) is 8.19. The lowest BCUT2D eigenvalue weighted by Gasteiger charge is -2.37. The van der Waals surface area contributed by atoms with Gasteiger partial charge in [0.25, 0.3) is 10.0 Å². The van der Waals surface area contributed by atoms with Crippen LogP contribution in [0.5, 0.6) is 0 Å². The zero-order chi connectivity index (χ0) is 24.1. The number of benzene rings is 3. The highest BCUT2D eigenvalue weighted by Gasteiger charge is 2.30. The molecule has 8 heteroatoms. The van der Waals surface area contributed by atoms with E-state index in [1.165, 1.54) is 4.31 Å². The molecule has 34 heavy (non-hydrogen) atoms. The Bertz CT molecular complexity index is 1230. The molecule has 3 aromatic rings.